The molecule has 0 aromatic heterocycles. The molecule has 1 aromatic carbocycles. The molecular weight excluding hydrogens is 381 g/mol. The highest BCUT2D eigenvalue weighted by atomic mass is 19.2. The molecule has 0 radical (unpaired) electrons. The predicted molar refractivity (Wildman–Crippen MR) is 103 cm³/mol. The molecule has 1 aromatic rings. The van der Waals surface area contributed by atoms with E-state index in [-0.39, 0.29) is 41.5 Å². The lowest BCUT2D eigenvalue weighted by Crippen LogP contribution is -2.57. The number of carbonyl (C=O) groups is 1. The Kier molecular flexibility index (Phi) is 6.16. The summed E-state index contributed by atoms with van der Waals surface area (Å²) in [6.45, 7) is 1.16. The van der Waals surface area contributed by atoms with Crippen molar-refractivity contribution in [1.82, 2.24) is 4.90 Å². The van der Waals surface area contributed by atoms with Crippen molar-refractivity contribution in [2.24, 2.45) is 11.7 Å². The fourth-order valence-corrected chi connectivity index (χ4v) is 4.79. The summed E-state index contributed by atoms with van der Waals surface area (Å²) < 4.78 is 47.2. The molecule has 1 saturated heterocycles. The van der Waals surface area contributed by atoms with Gasteiger partial charge in [0.1, 0.15) is 5.82 Å². The Morgan fingerprint density at radius 2 is 1.79 bits per heavy atom. The zero-order valence-electron chi connectivity index (χ0n) is 16.6. The minimum absolute atomic E-state index is 0.000258. The van der Waals surface area contributed by atoms with Crippen LogP contribution in [0.2, 0.25) is 0 Å². The van der Waals surface area contributed by atoms with Crippen LogP contribution in [0.15, 0.2) is 12.1 Å². The number of ether oxygens (including phenoxy) is 1. The van der Waals surface area contributed by atoms with Gasteiger partial charge in [0, 0.05) is 24.6 Å². The highest BCUT2D eigenvalue weighted by Gasteiger charge is 2.40. The highest BCUT2D eigenvalue weighted by molar-refractivity contribution is 5.81. The molecule has 1 amide bonds. The highest BCUT2D eigenvalue weighted by Crippen LogP contribution is 2.37. The van der Waals surface area contributed by atoms with Gasteiger partial charge < -0.3 is 15.4 Å². The maximum Gasteiger partial charge on any atom is 0.226 e. The number of benzene rings is 1. The van der Waals surface area contributed by atoms with E-state index in [0.717, 1.165) is 38.3 Å². The maximum absolute atomic E-state index is 14.1. The number of carbonyl (C=O) groups excluding carboxylic acids is 1. The maximum atomic E-state index is 14.1. The molecule has 0 bridgehead atoms. The topological polar surface area (TPSA) is 55.6 Å². The molecule has 2 saturated carbocycles. The van der Waals surface area contributed by atoms with E-state index in [2.05, 4.69) is 0 Å². The van der Waals surface area contributed by atoms with Crippen LogP contribution in [0.1, 0.15) is 62.8 Å². The standard InChI is InChI=1S/C22H29F3N2O2/c23-15-10-17(21(25)18(24)11-15)13-5-7-16(8-6-13)29-12-20-19(26)2-1-9-27(20)22(28)14-3-4-14/h10-11,13-14,16,19-20H,1-9,12,26H2. The van der Waals surface area contributed by atoms with Crippen molar-refractivity contribution >= 4 is 5.91 Å². The predicted octanol–water partition coefficient (Wildman–Crippen LogP) is 3.88. The van der Waals surface area contributed by atoms with Crippen molar-refractivity contribution in [3.63, 3.8) is 0 Å². The number of nitrogens with zero attached hydrogens (tertiary/aromatic N) is 1. The average Bonchev–Trinajstić information content (AvgIpc) is 3.55. The van der Waals surface area contributed by atoms with E-state index in [0.29, 0.717) is 38.4 Å². The van der Waals surface area contributed by atoms with Crippen LogP contribution in [0.3, 0.4) is 0 Å². The first-order chi connectivity index (χ1) is 13.9. The molecule has 1 aliphatic heterocycles. The summed E-state index contributed by atoms with van der Waals surface area (Å²) in [5, 5.41) is 0. The Labute approximate surface area is 169 Å². The number of nitrogens with two attached hydrogens (primary N) is 1. The van der Waals surface area contributed by atoms with Gasteiger partial charge in [0.2, 0.25) is 5.91 Å². The van der Waals surface area contributed by atoms with Gasteiger partial charge in [-0.1, -0.05) is 0 Å². The van der Waals surface area contributed by atoms with Gasteiger partial charge >= 0.3 is 0 Å². The summed E-state index contributed by atoms with van der Waals surface area (Å²) in [4.78, 5) is 14.5. The molecular formula is C22H29F3N2O2. The first-order valence-corrected chi connectivity index (χ1v) is 10.8. The molecule has 2 atom stereocenters. The smallest absolute Gasteiger partial charge is 0.226 e. The molecule has 3 aliphatic rings. The Balaban J connectivity index is 1.32. The van der Waals surface area contributed by atoms with Crippen LogP contribution in [0.5, 0.6) is 0 Å². The van der Waals surface area contributed by atoms with Crippen molar-refractivity contribution in [3.8, 4) is 0 Å². The van der Waals surface area contributed by atoms with Gasteiger partial charge in [-0.05, 0) is 68.9 Å². The summed E-state index contributed by atoms with van der Waals surface area (Å²) in [7, 11) is 0. The average molecular weight is 410 g/mol. The summed E-state index contributed by atoms with van der Waals surface area (Å²) >= 11 is 0. The van der Waals surface area contributed by atoms with Gasteiger partial charge in [-0.2, -0.15) is 0 Å². The lowest BCUT2D eigenvalue weighted by molar-refractivity contribution is -0.139. The van der Waals surface area contributed by atoms with E-state index in [1.54, 1.807) is 0 Å². The van der Waals surface area contributed by atoms with Gasteiger partial charge in [-0.3, -0.25) is 4.79 Å². The number of rotatable bonds is 5. The normalized spacial score (nSPS) is 30.4. The molecule has 0 spiro atoms. The van der Waals surface area contributed by atoms with Crippen LogP contribution in [0.4, 0.5) is 13.2 Å². The summed E-state index contributed by atoms with van der Waals surface area (Å²) in [5.74, 6) is -2.65. The first-order valence-electron chi connectivity index (χ1n) is 10.8. The van der Waals surface area contributed by atoms with E-state index >= 15 is 0 Å². The van der Waals surface area contributed by atoms with Crippen molar-refractivity contribution in [3.05, 3.63) is 35.1 Å². The molecule has 2 N–H and O–H groups in total. The van der Waals surface area contributed by atoms with Crippen molar-refractivity contribution in [2.45, 2.75) is 75.5 Å². The molecule has 2 aliphatic carbocycles. The van der Waals surface area contributed by atoms with Crippen LogP contribution < -0.4 is 5.73 Å². The van der Waals surface area contributed by atoms with E-state index < -0.39 is 17.5 Å². The van der Waals surface area contributed by atoms with Gasteiger partial charge in [0.25, 0.3) is 0 Å². The Morgan fingerprint density at radius 3 is 2.48 bits per heavy atom. The second kappa shape index (κ2) is 8.64. The van der Waals surface area contributed by atoms with Crippen LogP contribution >= 0.6 is 0 Å². The van der Waals surface area contributed by atoms with Gasteiger partial charge in [0.15, 0.2) is 11.6 Å². The molecule has 3 fully saturated rings. The van der Waals surface area contributed by atoms with Crippen molar-refractivity contribution < 1.29 is 22.7 Å². The minimum Gasteiger partial charge on any atom is -0.376 e. The number of hydrogen-bond donors (Lipinski definition) is 1. The largest absolute Gasteiger partial charge is 0.376 e. The number of amides is 1. The molecule has 4 rings (SSSR count). The van der Waals surface area contributed by atoms with Crippen molar-refractivity contribution in [1.29, 1.82) is 0 Å². The van der Waals surface area contributed by atoms with E-state index in [4.69, 9.17) is 10.5 Å². The van der Waals surface area contributed by atoms with Gasteiger partial charge in [0.05, 0.1) is 18.8 Å². The van der Waals surface area contributed by atoms with E-state index in [9.17, 15) is 18.0 Å². The third-order valence-corrected chi connectivity index (χ3v) is 6.68. The van der Waals surface area contributed by atoms with E-state index in [1.807, 2.05) is 4.90 Å². The van der Waals surface area contributed by atoms with Crippen LogP contribution in [-0.2, 0) is 9.53 Å². The molecule has 7 heteroatoms. The Hall–Kier alpha value is -1.60. The van der Waals surface area contributed by atoms with Crippen LogP contribution in [-0.4, -0.2) is 42.1 Å². The second-order valence-electron chi connectivity index (χ2n) is 8.78. The second-order valence-corrected chi connectivity index (χ2v) is 8.78. The summed E-state index contributed by atoms with van der Waals surface area (Å²) in [6.07, 6.45) is 6.38. The summed E-state index contributed by atoms with van der Waals surface area (Å²) in [5.41, 5.74) is 6.42. The molecule has 4 nitrogen and oxygen atoms in total. The number of likely N-dealkylation sites (tertiary alicyclic amines) is 1. The third-order valence-electron chi connectivity index (χ3n) is 6.68. The lowest BCUT2D eigenvalue weighted by atomic mass is 9.82. The van der Waals surface area contributed by atoms with Crippen molar-refractivity contribution in [2.75, 3.05) is 13.2 Å². The fourth-order valence-electron chi connectivity index (χ4n) is 4.79. The fraction of sp³-hybridized carbons (Fsp3) is 0.682. The molecule has 2 unspecified atom stereocenters. The van der Waals surface area contributed by atoms with Gasteiger partial charge in [-0.15, -0.1) is 0 Å². The Morgan fingerprint density at radius 1 is 1.07 bits per heavy atom. The van der Waals surface area contributed by atoms with E-state index in [1.165, 1.54) is 0 Å². The van der Waals surface area contributed by atoms with Crippen LogP contribution in [0, 0.1) is 23.4 Å². The Bertz CT molecular complexity index is 748. The first kappa shape index (κ1) is 20.7. The zero-order chi connectivity index (χ0) is 20.5. The van der Waals surface area contributed by atoms with Crippen LogP contribution in [0.25, 0.3) is 0 Å². The quantitative estimate of drug-likeness (QED) is 0.750. The summed E-state index contributed by atoms with van der Waals surface area (Å²) in [6, 6.07) is 1.51. The molecule has 160 valence electrons. The van der Waals surface area contributed by atoms with Gasteiger partial charge in [-0.25, -0.2) is 13.2 Å². The number of piperidine rings is 1. The minimum atomic E-state index is -1.13. The molecule has 29 heavy (non-hydrogen) atoms. The third kappa shape index (κ3) is 4.61. The zero-order valence-corrected chi connectivity index (χ0v) is 16.6. The SMILES string of the molecule is NC1CCCN(C(=O)C2CC2)C1COC1CCC(c2cc(F)cc(F)c2F)CC1. The molecule has 1 heterocycles. The number of halogens is 3. The lowest BCUT2D eigenvalue weighted by Gasteiger charge is -2.41. The number of hydrogen-bond acceptors (Lipinski definition) is 3. The monoisotopic (exact) mass is 410 g/mol.